The maximum atomic E-state index is 10.8. The van der Waals surface area contributed by atoms with Crippen LogP contribution in [0.4, 0.5) is 0 Å². The minimum absolute atomic E-state index is 0.718. The van der Waals surface area contributed by atoms with Crippen LogP contribution < -0.4 is 0 Å². The van der Waals surface area contributed by atoms with Crippen LogP contribution >= 0.6 is 11.3 Å². The lowest BCUT2D eigenvalue weighted by molar-refractivity contribution is 0.112. The van der Waals surface area contributed by atoms with E-state index in [1.807, 2.05) is 6.92 Å². The normalized spacial score (nSPS) is 10.4. The molecule has 3 heteroatoms. The van der Waals surface area contributed by atoms with E-state index in [2.05, 4.69) is 37.0 Å². The number of benzene rings is 1. The van der Waals surface area contributed by atoms with E-state index >= 15 is 0 Å². The highest BCUT2D eigenvalue weighted by atomic mass is 32.1. The number of hydrogen-bond acceptors (Lipinski definition) is 3. The maximum Gasteiger partial charge on any atom is 0.161 e. The Kier molecular flexibility index (Phi) is 2.88. The summed E-state index contributed by atoms with van der Waals surface area (Å²) >= 11 is 1.46. The molecule has 0 aliphatic heterocycles. The van der Waals surface area contributed by atoms with Crippen LogP contribution in [-0.4, -0.2) is 11.3 Å². The van der Waals surface area contributed by atoms with Gasteiger partial charge >= 0.3 is 0 Å². The molecule has 0 amide bonds. The molecular formula is C13H13NOS. The molecule has 2 rings (SSSR count). The predicted octanol–water partition coefficient (Wildman–Crippen LogP) is 3.55. The highest BCUT2D eigenvalue weighted by molar-refractivity contribution is 7.16. The van der Waals surface area contributed by atoms with Gasteiger partial charge in [-0.25, -0.2) is 4.98 Å². The molecule has 0 saturated carbocycles. The molecule has 0 atom stereocenters. The van der Waals surface area contributed by atoms with Crippen LogP contribution in [0.1, 0.15) is 26.5 Å². The molecule has 0 spiro atoms. The van der Waals surface area contributed by atoms with Gasteiger partial charge in [-0.2, -0.15) is 0 Å². The average Bonchev–Trinajstić information content (AvgIpc) is 2.63. The van der Waals surface area contributed by atoms with Crippen molar-refractivity contribution in [2.45, 2.75) is 20.8 Å². The van der Waals surface area contributed by atoms with Crippen LogP contribution in [-0.2, 0) is 0 Å². The molecular weight excluding hydrogens is 218 g/mol. The Bertz CT molecular complexity index is 543. The first-order valence-corrected chi connectivity index (χ1v) is 5.93. The van der Waals surface area contributed by atoms with Crippen LogP contribution in [0, 0.1) is 20.8 Å². The zero-order valence-corrected chi connectivity index (χ0v) is 10.4. The Hall–Kier alpha value is -1.48. The molecule has 1 aromatic carbocycles. The summed E-state index contributed by atoms with van der Waals surface area (Å²) < 4.78 is 0. The lowest BCUT2D eigenvalue weighted by atomic mass is 10.1. The van der Waals surface area contributed by atoms with Crippen LogP contribution in [0.15, 0.2) is 18.2 Å². The molecule has 0 aliphatic rings. The largest absolute Gasteiger partial charge is 0.297 e. The quantitative estimate of drug-likeness (QED) is 0.740. The summed E-state index contributed by atoms with van der Waals surface area (Å²) in [5.41, 5.74) is 4.34. The van der Waals surface area contributed by atoms with E-state index in [0.717, 1.165) is 27.4 Å². The molecule has 2 nitrogen and oxygen atoms in total. The third kappa shape index (κ3) is 1.91. The Morgan fingerprint density at radius 2 is 2.00 bits per heavy atom. The number of aryl methyl sites for hydroxylation is 3. The van der Waals surface area contributed by atoms with Gasteiger partial charge in [0.05, 0.1) is 10.6 Å². The Balaban J connectivity index is 2.57. The molecule has 16 heavy (non-hydrogen) atoms. The fraction of sp³-hybridized carbons (Fsp3) is 0.231. The molecule has 0 fully saturated rings. The zero-order valence-electron chi connectivity index (χ0n) is 9.57. The van der Waals surface area contributed by atoms with E-state index in [1.54, 1.807) is 0 Å². The van der Waals surface area contributed by atoms with E-state index < -0.39 is 0 Å². The second-order valence-corrected chi connectivity index (χ2v) is 4.94. The number of thiazole rings is 1. The minimum Gasteiger partial charge on any atom is -0.297 e. The Morgan fingerprint density at radius 1 is 1.25 bits per heavy atom. The number of hydrogen-bond donors (Lipinski definition) is 0. The summed E-state index contributed by atoms with van der Waals surface area (Å²) in [6.45, 7) is 5.99. The van der Waals surface area contributed by atoms with Gasteiger partial charge in [0.25, 0.3) is 0 Å². The van der Waals surface area contributed by atoms with Crippen molar-refractivity contribution in [3.05, 3.63) is 39.9 Å². The Labute approximate surface area is 99.0 Å². The average molecular weight is 231 g/mol. The summed E-state index contributed by atoms with van der Waals surface area (Å²) in [5.74, 6) is 0. The number of carbonyl (C=O) groups excluding carboxylic acids is 1. The number of aldehydes is 1. The van der Waals surface area contributed by atoms with Gasteiger partial charge in [-0.1, -0.05) is 17.7 Å². The summed E-state index contributed by atoms with van der Waals surface area (Å²) in [4.78, 5) is 16.0. The first-order valence-electron chi connectivity index (χ1n) is 5.12. The van der Waals surface area contributed by atoms with Crippen molar-refractivity contribution in [3.8, 4) is 10.6 Å². The summed E-state index contributed by atoms with van der Waals surface area (Å²) in [5, 5.41) is 0.931. The van der Waals surface area contributed by atoms with Gasteiger partial charge in [-0.3, -0.25) is 4.79 Å². The molecule has 1 aromatic heterocycles. The summed E-state index contributed by atoms with van der Waals surface area (Å²) in [6.07, 6.45) is 0.877. The maximum absolute atomic E-state index is 10.8. The third-order valence-electron chi connectivity index (χ3n) is 2.56. The standard InChI is InChI=1S/C13H13NOS/c1-8-4-5-9(2)11(6-8)13-14-10(3)12(7-15)16-13/h4-7H,1-3H3. The van der Waals surface area contributed by atoms with Crippen molar-refractivity contribution in [2.24, 2.45) is 0 Å². The van der Waals surface area contributed by atoms with E-state index in [9.17, 15) is 4.79 Å². The second-order valence-electron chi connectivity index (χ2n) is 3.90. The van der Waals surface area contributed by atoms with Crippen molar-refractivity contribution in [2.75, 3.05) is 0 Å². The molecule has 0 aliphatic carbocycles. The van der Waals surface area contributed by atoms with Crippen molar-refractivity contribution in [1.29, 1.82) is 0 Å². The second kappa shape index (κ2) is 4.18. The first kappa shape index (κ1) is 11.0. The lowest BCUT2D eigenvalue weighted by Gasteiger charge is -2.02. The van der Waals surface area contributed by atoms with Crippen LogP contribution in [0.3, 0.4) is 0 Å². The summed E-state index contributed by atoms with van der Waals surface area (Å²) in [7, 11) is 0. The minimum atomic E-state index is 0.718. The number of nitrogens with zero attached hydrogens (tertiary/aromatic N) is 1. The fourth-order valence-electron chi connectivity index (χ4n) is 1.60. The summed E-state index contributed by atoms with van der Waals surface area (Å²) in [6, 6.07) is 6.28. The number of carbonyl (C=O) groups is 1. The topological polar surface area (TPSA) is 30.0 Å². The number of rotatable bonds is 2. The van der Waals surface area contributed by atoms with E-state index in [0.29, 0.717) is 0 Å². The molecule has 0 N–H and O–H groups in total. The van der Waals surface area contributed by atoms with Gasteiger partial charge in [0.2, 0.25) is 0 Å². The first-order chi connectivity index (χ1) is 7.61. The predicted molar refractivity (Wildman–Crippen MR) is 67.1 cm³/mol. The van der Waals surface area contributed by atoms with Gasteiger partial charge in [0.15, 0.2) is 6.29 Å². The van der Waals surface area contributed by atoms with E-state index in [4.69, 9.17) is 0 Å². The van der Waals surface area contributed by atoms with E-state index in [-0.39, 0.29) is 0 Å². The Morgan fingerprint density at radius 3 is 2.62 bits per heavy atom. The van der Waals surface area contributed by atoms with E-state index in [1.165, 1.54) is 22.5 Å². The highest BCUT2D eigenvalue weighted by Gasteiger charge is 2.10. The molecule has 1 heterocycles. The highest BCUT2D eigenvalue weighted by Crippen LogP contribution is 2.29. The van der Waals surface area contributed by atoms with Crippen molar-refractivity contribution < 1.29 is 4.79 Å². The monoisotopic (exact) mass is 231 g/mol. The smallest absolute Gasteiger partial charge is 0.161 e. The fourth-order valence-corrected chi connectivity index (χ4v) is 2.56. The SMILES string of the molecule is Cc1ccc(C)c(-c2nc(C)c(C=O)s2)c1. The molecule has 0 bridgehead atoms. The van der Waals surface area contributed by atoms with Gasteiger partial charge in [-0.05, 0) is 32.4 Å². The molecule has 2 aromatic rings. The third-order valence-corrected chi connectivity index (χ3v) is 3.68. The molecule has 0 radical (unpaired) electrons. The van der Waals surface area contributed by atoms with Gasteiger partial charge in [0, 0.05) is 5.56 Å². The van der Waals surface area contributed by atoms with Crippen molar-refractivity contribution in [1.82, 2.24) is 4.98 Å². The molecule has 0 saturated heterocycles. The van der Waals surface area contributed by atoms with Gasteiger partial charge in [-0.15, -0.1) is 11.3 Å². The lowest BCUT2D eigenvalue weighted by Crippen LogP contribution is -1.84. The van der Waals surface area contributed by atoms with Crippen molar-refractivity contribution >= 4 is 17.6 Å². The number of aromatic nitrogens is 1. The molecule has 82 valence electrons. The van der Waals surface area contributed by atoms with Gasteiger partial charge < -0.3 is 0 Å². The van der Waals surface area contributed by atoms with Crippen LogP contribution in [0.5, 0.6) is 0 Å². The van der Waals surface area contributed by atoms with Gasteiger partial charge in [0.1, 0.15) is 5.01 Å². The van der Waals surface area contributed by atoms with Crippen LogP contribution in [0.25, 0.3) is 10.6 Å². The zero-order chi connectivity index (χ0) is 11.7. The van der Waals surface area contributed by atoms with Crippen molar-refractivity contribution in [3.63, 3.8) is 0 Å². The molecule has 0 unspecified atom stereocenters. The van der Waals surface area contributed by atoms with Crippen LogP contribution in [0.2, 0.25) is 0 Å².